The van der Waals surface area contributed by atoms with Crippen LogP contribution >= 0.6 is 0 Å². The molecule has 1 aliphatic rings. The zero-order valence-corrected chi connectivity index (χ0v) is 11.5. The Morgan fingerprint density at radius 1 is 1.33 bits per heavy atom. The van der Waals surface area contributed by atoms with Crippen LogP contribution in [0.1, 0.15) is 28.8 Å². The lowest BCUT2D eigenvalue weighted by atomic mass is 10.1. The van der Waals surface area contributed by atoms with Gasteiger partial charge in [0.05, 0.1) is 11.3 Å². The molecule has 1 fully saturated rings. The van der Waals surface area contributed by atoms with Crippen molar-refractivity contribution in [2.45, 2.75) is 30.3 Å². The van der Waals surface area contributed by atoms with Gasteiger partial charge in [0.2, 0.25) is 10.0 Å². The molecule has 1 aromatic carbocycles. The Hall–Kier alpha value is -1.61. The molecule has 116 valence electrons. The van der Waals surface area contributed by atoms with E-state index in [-0.39, 0.29) is 24.0 Å². The smallest absolute Gasteiger partial charge is 0.407 e. The standard InChI is InChI=1S/C12H12F3NO4S/c13-12(14,15)11(4-5-11)16-21(19,20)7-8-2-1-3-9(6-8)10(17)18/h1-3,6,16H,4-5,7H2,(H,17,18). The number of carboxylic acids is 1. The van der Waals surface area contributed by atoms with Gasteiger partial charge in [-0.2, -0.15) is 17.9 Å². The van der Waals surface area contributed by atoms with Gasteiger partial charge >= 0.3 is 12.1 Å². The second-order valence-electron chi connectivity index (χ2n) is 4.95. The fourth-order valence-corrected chi connectivity index (χ4v) is 3.52. The molecular formula is C12H12F3NO4S. The zero-order chi connectivity index (χ0) is 15.9. The molecule has 0 bridgehead atoms. The summed E-state index contributed by atoms with van der Waals surface area (Å²) in [6.07, 6.45) is -5.21. The van der Waals surface area contributed by atoms with Crippen LogP contribution in [0.2, 0.25) is 0 Å². The maximum absolute atomic E-state index is 12.7. The molecule has 2 N–H and O–H groups in total. The molecule has 0 aliphatic heterocycles. The van der Waals surface area contributed by atoms with E-state index in [0.717, 1.165) is 6.07 Å². The molecule has 1 aliphatic carbocycles. The highest BCUT2D eigenvalue weighted by Gasteiger charge is 2.65. The summed E-state index contributed by atoms with van der Waals surface area (Å²) in [4.78, 5) is 10.8. The van der Waals surface area contributed by atoms with Crippen LogP contribution in [0.4, 0.5) is 13.2 Å². The first-order valence-electron chi connectivity index (χ1n) is 5.95. The third kappa shape index (κ3) is 3.53. The molecule has 21 heavy (non-hydrogen) atoms. The van der Waals surface area contributed by atoms with E-state index in [4.69, 9.17) is 5.11 Å². The molecule has 2 rings (SSSR count). The molecule has 0 radical (unpaired) electrons. The van der Waals surface area contributed by atoms with Gasteiger partial charge in [0.25, 0.3) is 0 Å². The second-order valence-corrected chi connectivity index (χ2v) is 6.67. The van der Waals surface area contributed by atoms with Gasteiger partial charge in [-0.1, -0.05) is 12.1 Å². The van der Waals surface area contributed by atoms with E-state index in [1.807, 2.05) is 0 Å². The number of alkyl halides is 3. The molecule has 9 heteroatoms. The highest BCUT2D eigenvalue weighted by atomic mass is 32.2. The first kappa shape index (κ1) is 15.8. The molecule has 1 saturated carbocycles. The second kappa shape index (κ2) is 4.99. The molecule has 0 spiro atoms. The minimum absolute atomic E-state index is 0.111. The molecular weight excluding hydrogens is 311 g/mol. The van der Waals surface area contributed by atoms with E-state index in [0.29, 0.717) is 0 Å². The first-order chi connectivity index (χ1) is 9.55. The van der Waals surface area contributed by atoms with Gasteiger partial charge in [-0.25, -0.2) is 13.2 Å². The lowest BCUT2D eigenvalue weighted by molar-refractivity contribution is -0.160. The highest BCUT2D eigenvalue weighted by molar-refractivity contribution is 7.88. The summed E-state index contributed by atoms with van der Waals surface area (Å²) in [6.45, 7) is 0. The Labute approximate surface area is 118 Å². The summed E-state index contributed by atoms with van der Waals surface area (Å²) in [7, 11) is -4.22. The Morgan fingerprint density at radius 2 is 1.95 bits per heavy atom. The van der Waals surface area contributed by atoms with Crippen molar-refractivity contribution >= 4 is 16.0 Å². The minimum atomic E-state index is -4.64. The third-order valence-corrected chi connectivity index (χ3v) is 4.59. The van der Waals surface area contributed by atoms with Gasteiger partial charge in [-0.3, -0.25) is 0 Å². The van der Waals surface area contributed by atoms with Gasteiger partial charge < -0.3 is 5.11 Å². The third-order valence-electron chi connectivity index (χ3n) is 3.17. The van der Waals surface area contributed by atoms with Gasteiger partial charge in [0, 0.05) is 0 Å². The van der Waals surface area contributed by atoms with Gasteiger partial charge in [-0.15, -0.1) is 0 Å². The van der Waals surface area contributed by atoms with Crippen molar-refractivity contribution in [1.82, 2.24) is 4.72 Å². The predicted molar refractivity (Wildman–Crippen MR) is 67.2 cm³/mol. The summed E-state index contributed by atoms with van der Waals surface area (Å²) >= 11 is 0. The van der Waals surface area contributed by atoms with Gasteiger partial charge in [-0.05, 0) is 30.5 Å². The number of nitrogens with one attached hydrogen (secondary N) is 1. The fourth-order valence-electron chi connectivity index (χ4n) is 1.92. The van der Waals surface area contributed by atoms with Crippen LogP contribution in [-0.2, 0) is 15.8 Å². The van der Waals surface area contributed by atoms with Crippen LogP contribution < -0.4 is 4.72 Å². The summed E-state index contributed by atoms with van der Waals surface area (Å²) < 4.78 is 63.5. The number of benzene rings is 1. The van der Waals surface area contributed by atoms with E-state index < -0.39 is 33.5 Å². The van der Waals surface area contributed by atoms with Crippen LogP contribution in [-0.4, -0.2) is 31.2 Å². The van der Waals surface area contributed by atoms with E-state index in [2.05, 4.69) is 0 Å². The summed E-state index contributed by atoms with van der Waals surface area (Å²) in [6, 6.07) is 5.07. The number of aromatic carboxylic acids is 1. The normalized spacial score (nSPS) is 17.5. The van der Waals surface area contributed by atoms with E-state index in [1.54, 1.807) is 4.72 Å². The molecule has 0 amide bonds. The molecule has 0 saturated heterocycles. The molecule has 5 nitrogen and oxygen atoms in total. The maximum atomic E-state index is 12.7. The number of hydrogen-bond acceptors (Lipinski definition) is 3. The number of hydrogen-bond donors (Lipinski definition) is 2. The molecule has 0 aromatic heterocycles. The summed E-state index contributed by atoms with van der Waals surface area (Å²) in [5.41, 5.74) is -2.38. The highest BCUT2D eigenvalue weighted by Crippen LogP contribution is 2.49. The largest absolute Gasteiger partial charge is 0.478 e. The first-order valence-corrected chi connectivity index (χ1v) is 7.61. The summed E-state index contributed by atoms with van der Waals surface area (Å²) in [5, 5.41) is 8.80. The van der Waals surface area contributed by atoms with Crippen molar-refractivity contribution in [2.75, 3.05) is 0 Å². The minimum Gasteiger partial charge on any atom is -0.478 e. The molecule has 0 unspecified atom stereocenters. The van der Waals surface area contributed by atoms with Crippen molar-refractivity contribution in [2.24, 2.45) is 0 Å². The maximum Gasteiger partial charge on any atom is 0.407 e. The number of carbonyl (C=O) groups is 1. The topological polar surface area (TPSA) is 83.5 Å². The Bertz CT molecular complexity index is 665. The van der Waals surface area contributed by atoms with Crippen molar-refractivity contribution in [1.29, 1.82) is 0 Å². The average molecular weight is 323 g/mol. The molecule has 0 atom stereocenters. The number of halogens is 3. The number of carboxylic acid groups (broad SMARTS) is 1. The van der Waals surface area contributed by atoms with Crippen LogP contribution in [0.5, 0.6) is 0 Å². The van der Waals surface area contributed by atoms with Crippen molar-refractivity contribution in [3.63, 3.8) is 0 Å². The Kier molecular flexibility index (Phi) is 3.75. The van der Waals surface area contributed by atoms with E-state index >= 15 is 0 Å². The van der Waals surface area contributed by atoms with Crippen molar-refractivity contribution in [3.05, 3.63) is 35.4 Å². The monoisotopic (exact) mass is 323 g/mol. The summed E-state index contributed by atoms with van der Waals surface area (Å²) in [5.74, 6) is -1.94. The van der Waals surface area contributed by atoms with Gasteiger partial charge in [0.1, 0.15) is 5.54 Å². The quantitative estimate of drug-likeness (QED) is 0.867. The Morgan fingerprint density at radius 3 is 2.43 bits per heavy atom. The van der Waals surface area contributed by atoms with Crippen LogP contribution in [0, 0.1) is 0 Å². The molecule has 1 aromatic rings. The number of rotatable bonds is 5. The van der Waals surface area contributed by atoms with E-state index in [1.165, 1.54) is 18.2 Å². The molecule has 0 heterocycles. The average Bonchev–Trinajstić information content (AvgIpc) is 3.08. The van der Waals surface area contributed by atoms with Crippen LogP contribution in [0.25, 0.3) is 0 Å². The van der Waals surface area contributed by atoms with Crippen LogP contribution in [0.15, 0.2) is 24.3 Å². The lowest BCUT2D eigenvalue weighted by Gasteiger charge is -2.20. The predicted octanol–water partition coefficient (Wildman–Crippen LogP) is 1.90. The van der Waals surface area contributed by atoms with Gasteiger partial charge in [0.15, 0.2) is 0 Å². The van der Waals surface area contributed by atoms with Crippen molar-refractivity contribution in [3.8, 4) is 0 Å². The fraction of sp³-hybridized carbons (Fsp3) is 0.417. The Balaban J connectivity index is 2.15. The van der Waals surface area contributed by atoms with Crippen LogP contribution in [0.3, 0.4) is 0 Å². The van der Waals surface area contributed by atoms with Crippen molar-refractivity contribution < 1.29 is 31.5 Å². The number of sulfonamides is 1. The lowest BCUT2D eigenvalue weighted by Crippen LogP contribution is -2.48. The SMILES string of the molecule is O=C(O)c1cccc(CS(=O)(=O)NC2(C(F)(F)F)CC2)c1. The zero-order valence-electron chi connectivity index (χ0n) is 10.6. The van der Waals surface area contributed by atoms with E-state index in [9.17, 15) is 26.4 Å².